The molecule has 0 heterocycles. The molecular weight excluding hydrogens is 164 g/mol. The summed E-state index contributed by atoms with van der Waals surface area (Å²) in [5.74, 6) is 1.12. The van der Waals surface area contributed by atoms with Gasteiger partial charge in [0.1, 0.15) is 0 Å². The third-order valence-corrected chi connectivity index (χ3v) is 2.40. The van der Waals surface area contributed by atoms with Crippen LogP contribution in [0.1, 0.15) is 32.1 Å². The van der Waals surface area contributed by atoms with Gasteiger partial charge < -0.3 is 10.6 Å². The average molecular weight is 184 g/mol. The highest BCUT2D eigenvalue weighted by Crippen LogP contribution is 2.31. The molecule has 3 heteroatoms. The van der Waals surface area contributed by atoms with Gasteiger partial charge in [-0.05, 0) is 32.4 Å². The van der Waals surface area contributed by atoms with E-state index in [9.17, 15) is 4.79 Å². The predicted octanol–water partition coefficient (Wildman–Crippen LogP) is 0.902. The first kappa shape index (κ1) is 10.5. The van der Waals surface area contributed by atoms with Gasteiger partial charge in [-0.2, -0.15) is 0 Å². The Morgan fingerprint density at radius 3 is 2.77 bits per heavy atom. The summed E-state index contributed by atoms with van der Waals surface area (Å²) in [7, 11) is 1.91. The molecule has 1 aliphatic carbocycles. The van der Waals surface area contributed by atoms with Crippen LogP contribution < -0.4 is 10.6 Å². The third kappa shape index (κ3) is 5.64. The highest BCUT2D eigenvalue weighted by Gasteiger charge is 2.20. The van der Waals surface area contributed by atoms with Crippen LogP contribution in [0.3, 0.4) is 0 Å². The van der Waals surface area contributed by atoms with Crippen molar-refractivity contribution < 1.29 is 4.79 Å². The molecule has 0 spiro atoms. The Hall–Kier alpha value is -0.570. The standard InChI is InChI=1S/C10H20N2O/c1-11-7-2-3-10(13)12-8-6-9-4-5-9/h9,11H,2-8H2,1H3,(H,12,13). The number of nitrogens with one attached hydrogen (secondary N) is 2. The van der Waals surface area contributed by atoms with Crippen molar-refractivity contribution in [3.63, 3.8) is 0 Å². The molecule has 76 valence electrons. The van der Waals surface area contributed by atoms with Crippen molar-refractivity contribution in [1.82, 2.24) is 10.6 Å². The molecule has 0 aromatic carbocycles. The molecule has 3 nitrogen and oxygen atoms in total. The van der Waals surface area contributed by atoms with Crippen molar-refractivity contribution in [2.45, 2.75) is 32.1 Å². The van der Waals surface area contributed by atoms with Crippen molar-refractivity contribution in [1.29, 1.82) is 0 Å². The summed E-state index contributed by atoms with van der Waals surface area (Å²) >= 11 is 0. The second kappa shape index (κ2) is 5.97. The summed E-state index contributed by atoms with van der Waals surface area (Å²) in [5.41, 5.74) is 0. The van der Waals surface area contributed by atoms with Gasteiger partial charge in [-0.25, -0.2) is 0 Å². The topological polar surface area (TPSA) is 41.1 Å². The fourth-order valence-electron chi connectivity index (χ4n) is 1.34. The van der Waals surface area contributed by atoms with E-state index in [2.05, 4.69) is 10.6 Å². The molecule has 2 N–H and O–H groups in total. The zero-order chi connectivity index (χ0) is 9.52. The van der Waals surface area contributed by atoms with Crippen molar-refractivity contribution in [3.05, 3.63) is 0 Å². The molecule has 0 aromatic rings. The molecule has 0 atom stereocenters. The monoisotopic (exact) mass is 184 g/mol. The molecule has 13 heavy (non-hydrogen) atoms. The van der Waals surface area contributed by atoms with Crippen molar-refractivity contribution in [2.75, 3.05) is 20.1 Å². The molecule has 0 radical (unpaired) electrons. The fourth-order valence-corrected chi connectivity index (χ4v) is 1.34. The minimum atomic E-state index is 0.205. The molecule has 0 bridgehead atoms. The highest BCUT2D eigenvalue weighted by atomic mass is 16.1. The smallest absolute Gasteiger partial charge is 0.220 e. The fraction of sp³-hybridized carbons (Fsp3) is 0.900. The van der Waals surface area contributed by atoms with Crippen LogP contribution in [0, 0.1) is 5.92 Å². The Balaban J connectivity index is 1.84. The number of hydrogen-bond donors (Lipinski definition) is 2. The van der Waals surface area contributed by atoms with Crippen LogP contribution in [0.2, 0.25) is 0 Å². The van der Waals surface area contributed by atoms with Crippen LogP contribution in [-0.4, -0.2) is 26.0 Å². The average Bonchev–Trinajstić information content (AvgIpc) is 2.89. The van der Waals surface area contributed by atoms with Crippen LogP contribution in [0.25, 0.3) is 0 Å². The Morgan fingerprint density at radius 2 is 2.15 bits per heavy atom. The Morgan fingerprint density at radius 1 is 1.38 bits per heavy atom. The van der Waals surface area contributed by atoms with Crippen molar-refractivity contribution in [2.24, 2.45) is 5.92 Å². The summed E-state index contributed by atoms with van der Waals surface area (Å²) < 4.78 is 0. The summed E-state index contributed by atoms with van der Waals surface area (Å²) in [6.07, 6.45) is 5.51. The van der Waals surface area contributed by atoms with E-state index in [1.54, 1.807) is 0 Å². The predicted molar refractivity (Wildman–Crippen MR) is 53.5 cm³/mol. The molecule has 1 aliphatic rings. The number of carbonyl (C=O) groups excluding carboxylic acids is 1. The molecule has 0 saturated heterocycles. The van der Waals surface area contributed by atoms with Gasteiger partial charge in [-0.3, -0.25) is 4.79 Å². The quantitative estimate of drug-likeness (QED) is 0.577. The van der Waals surface area contributed by atoms with E-state index in [1.165, 1.54) is 19.3 Å². The van der Waals surface area contributed by atoms with Crippen LogP contribution >= 0.6 is 0 Å². The van der Waals surface area contributed by atoms with Gasteiger partial charge in [-0.1, -0.05) is 12.8 Å². The van der Waals surface area contributed by atoms with Gasteiger partial charge in [0.05, 0.1) is 0 Å². The molecule has 1 saturated carbocycles. The van der Waals surface area contributed by atoms with E-state index in [0.29, 0.717) is 6.42 Å². The van der Waals surface area contributed by atoms with E-state index >= 15 is 0 Å². The highest BCUT2D eigenvalue weighted by molar-refractivity contribution is 5.75. The number of carbonyl (C=O) groups is 1. The molecule has 1 amide bonds. The van der Waals surface area contributed by atoms with Crippen LogP contribution in [0.15, 0.2) is 0 Å². The van der Waals surface area contributed by atoms with Crippen molar-refractivity contribution in [3.8, 4) is 0 Å². The summed E-state index contributed by atoms with van der Waals surface area (Å²) in [5, 5.41) is 5.97. The van der Waals surface area contributed by atoms with Gasteiger partial charge in [0.2, 0.25) is 5.91 Å². The maximum Gasteiger partial charge on any atom is 0.220 e. The molecule has 1 fully saturated rings. The first-order chi connectivity index (χ1) is 6.33. The Kier molecular flexibility index (Phi) is 4.83. The van der Waals surface area contributed by atoms with Gasteiger partial charge in [0.15, 0.2) is 0 Å². The number of rotatable bonds is 7. The molecule has 0 unspecified atom stereocenters. The molecule has 0 aliphatic heterocycles. The first-order valence-electron chi connectivity index (χ1n) is 5.24. The molecular formula is C10H20N2O. The SMILES string of the molecule is CNCCCC(=O)NCCC1CC1. The number of hydrogen-bond acceptors (Lipinski definition) is 2. The second-order valence-corrected chi connectivity index (χ2v) is 3.79. The zero-order valence-corrected chi connectivity index (χ0v) is 8.44. The van der Waals surface area contributed by atoms with Crippen LogP contribution in [0.5, 0.6) is 0 Å². The normalized spacial score (nSPS) is 15.8. The third-order valence-electron chi connectivity index (χ3n) is 2.40. The lowest BCUT2D eigenvalue weighted by molar-refractivity contribution is -0.121. The van der Waals surface area contributed by atoms with Gasteiger partial charge in [0.25, 0.3) is 0 Å². The number of amides is 1. The maximum absolute atomic E-state index is 11.2. The first-order valence-corrected chi connectivity index (χ1v) is 5.24. The Bertz CT molecular complexity index is 155. The van der Waals surface area contributed by atoms with Gasteiger partial charge >= 0.3 is 0 Å². The molecule has 1 rings (SSSR count). The largest absolute Gasteiger partial charge is 0.356 e. The van der Waals surface area contributed by atoms with E-state index < -0.39 is 0 Å². The minimum Gasteiger partial charge on any atom is -0.356 e. The van der Waals surface area contributed by atoms with Crippen molar-refractivity contribution >= 4 is 5.91 Å². The van der Waals surface area contributed by atoms with E-state index in [1.807, 2.05) is 7.05 Å². The summed E-state index contributed by atoms with van der Waals surface area (Å²) in [6, 6.07) is 0. The van der Waals surface area contributed by atoms with E-state index in [0.717, 1.165) is 25.4 Å². The van der Waals surface area contributed by atoms with Gasteiger partial charge in [0, 0.05) is 13.0 Å². The maximum atomic E-state index is 11.2. The lowest BCUT2D eigenvalue weighted by Gasteiger charge is -2.03. The zero-order valence-electron chi connectivity index (χ0n) is 8.44. The summed E-state index contributed by atoms with van der Waals surface area (Å²) in [4.78, 5) is 11.2. The Labute approximate surface area is 80.3 Å². The van der Waals surface area contributed by atoms with E-state index in [-0.39, 0.29) is 5.91 Å². The lowest BCUT2D eigenvalue weighted by atomic mass is 10.2. The lowest BCUT2D eigenvalue weighted by Crippen LogP contribution is -2.25. The molecule has 0 aromatic heterocycles. The van der Waals surface area contributed by atoms with Crippen LogP contribution in [-0.2, 0) is 4.79 Å². The van der Waals surface area contributed by atoms with Gasteiger partial charge in [-0.15, -0.1) is 0 Å². The minimum absolute atomic E-state index is 0.205. The summed E-state index contributed by atoms with van der Waals surface area (Å²) in [6.45, 7) is 1.80. The van der Waals surface area contributed by atoms with E-state index in [4.69, 9.17) is 0 Å². The second-order valence-electron chi connectivity index (χ2n) is 3.79. The van der Waals surface area contributed by atoms with Crippen LogP contribution in [0.4, 0.5) is 0 Å².